The minimum absolute atomic E-state index is 0.238. The Morgan fingerprint density at radius 3 is 2.33 bits per heavy atom. The van der Waals surface area contributed by atoms with Crippen molar-refractivity contribution in [2.24, 2.45) is 0 Å². The summed E-state index contributed by atoms with van der Waals surface area (Å²) < 4.78 is 5.60. The first-order valence-electron chi connectivity index (χ1n) is 7.00. The topological polar surface area (TPSA) is 26.3 Å². The molecule has 21 heavy (non-hydrogen) atoms. The molecule has 104 valence electrons. The smallest absolute Gasteiger partial charge is 0.318 e. The summed E-state index contributed by atoms with van der Waals surface area (Å²) in [6, 6.07) is 23.3. The second kappa shape index (κ2) is 5.80. The molecule has 0 saturated carbocycles. The van der Waals surface area contributed by atoms with Gasteiger partial charge in [0.25, 0.3) is 0 Å². The zero-order valence-corrected chi connectivity index (χ0v) is 11.8. The number of rotatable bonds is 3. The van der Waals surface area contributed by atoms with Crippen LogP contribution in [0.25, 0.3) is 10.8 Å². The fourth-order valence-electron chi connectivity index (χ4n) is 2.36. The summed E-state index contributed by atoms with van der Waals surface area (Å²) >= 11 is 0. The van der Waals surface area contributed by atoms with Crippen LogP contribution in [0.2, 0.25) is 0 Å². The number of hydrogen-bond donors (Lipinski definition) is 0. The van der Waals surface area contributed by atoms with Gasteiger partial charge < -0.3 is 4.74 Å². The van der Waals surface area contributed by atoms with Crippen molar-refractivity contribution in [3.8, 4) is 5.75 Å². The standard InChI is InChI=1S/C19H16O2/c1-14(15-8-3-2-4-9-15)19(20)21-18-13-7-11-16-10-5-6-12-17(16)18/h2-14H,1H3/t14-/m1/s1. The number of ether oxygens (including phenoxy) is 1. The lowest BCUT2D eigenvalue weighted by Gasteiger charge is -2.13. The maximum atomic E-state index is 12.3. The normalized spacial score (nSPS) is 12.0. The number of carbonyl (C=O) groups excluding carboxylic acids is 1. The third-order valence-electron chi connectivity index (χ3n) is 3.61. The summed E-state index contributed by atoms with van der Waals surface area (Å²) in [6.45, 7) is 1.86. The van der Waals surface area contributed by atoms with Gasteiger partial charge >= 0.3 is 5.97 Å². The van der Waals surface area contributed by atoms with Crippen molar-refractivity contribution in [2.75, 3.05) is 0 Å². The fourth-order valence-corrected chi connectivity index (χ4v) is 2.36. The van der Waals surface area contributed by atoms with Crippen molar-refractivity contribution in [3.05, 3.63) is 78.4 Å². The molecule has 3 rings (SSSR count). The van der Waals surface area contributed by atoms with E-state index >= 15 is 0 Å². The molecule has 2 nitrogen and oxygen atoms in total. The Bertz CT molecular complexity index is 757. The Morgan fingerprint density at radius 2 is 1.52 bits per heavy atom. The van der Waals surface area contributed by atoms with E-state index in [0.29, 0.717) is 5.75 Å². The van der Waals surface area contributed by atoms with Crippen LogP contribution in [0, 0.1) is 0 Å². The Hall–Kier alpha value is -2.61. The van der Waals surface area contributed by atoms with Crippen molar-refractivity contribution in [1.82, 2.24) is 0 Å². The van der Waals surface area contributed by atoms with Gasteiger partial charge in [0.1, 0.15) is 5.75 Å². The predicted octanol–water partition coefficient (Wildman–Crippen LogP) is 4.55. The summed E-state index contributed by atoms with van der Waals surface area (Å²) in [4.78, 5) is 12.3. The van der Waals surface area contributed by atoms with E-state index < -0.39 is 0 Å². The highest BCUT2D eigenvalue weighted by atomic mass is 16.5. The van der Waals surface area contributed by atoms with Crippen LogP contribution in [-0.2, 0) is 4.79 Å². The van der Waals surface area contributed by atoms with E-state index in [1.54, 1.807) is 0 Å². The highest BCUT2D eigenvalue weighted by Crippen LogP contribution is 2.27. The average Bonchev–Trinajstić information content (AvgIpc) is 2.55. The van der Waals surface area contributed by atoms with Crippen LogP contribution in [0.4, 0.5) is 0 Å². The number of fused-ring (bicyclic) bond motifs is 1. The molecule has 2 heteroatoms. The maximum Gasteiger partial charge on any atom is 0.318 e. The minimum atomic E-state index is -0.287. The Morgan fingerprint density at radius 1 is 0.857 bits per heavy atom. The third kappa shape index (κ3) is 2.79. The monoisotopic (exact) mass is 276 g/mol. The molecule has 0 bridgehead atoms. The van der Waals surface area contributed by atoms with Gasteiger partial charge in [-0.3, -0.25) is 4.79 Å². The molecule has 3 aromatic rings. The van der Waals surface area contributed by atoms with E-state index in [1.807, 2.05) is 79.7 Å². The van der Waals surface area contributed by atoms with Crippen molar-refractivity contribution in [1.29, 1.82) is 0 Å². The lowest BCUT2D eigenvalue weighted by molar-refractivity contribution is -0.135. The van der Waals surface area contributed by atoms with Crippen molar-refractivity contribution < 1.29 is 9.53 Å². The van der Waals surface area contributed by atoms with Crippen LogP contribution < -0.4 is 4.74 Å². The number of hydrogen-bond acceptors (Lipinski definition) is 2. The molecule has 0 saturated heterocycles. The van der Waals surface area contributed by atoms with Gasteiger partial charge in [-0.05, 0) is 23.9 Å². The van der Waals surface area contributed by atoms with E-state index in [-0.39, 0.29) is 11.9 Å². The van der Waals surface area contributed by atoms with E-state index in [0.717, 1.165) is 16.3 Å². The van der Waals surface area contributed by atoms with Gasteiger partial charge in [-0.15, -0.1) is 0 Å². The quantitative estimate of drug-likeness (QED) is 0.518. The van der Waals surface area contributed by atoms with E-state index in [4.69, 9.17) is 4.74 Å². The summed E-state index contributed by atoms with van der Waals surface area (Å²) in [6.07, 6.45) is 0. The fraction of sp³-hybridized carbons (Fsp3) is 0.105. The average molecular weight is 276 g/mol. The number of carbonyl (C=O) groups is 1. The van der Waals surface area contributed by atoms with Gasteiger partial charge in [-0.2, -0.15) is 0 Å². The first-order chi connectivity index (χ1) is 10.3. The van der Waals surface area contributed by atoms with E-state index in [2.05, 4.69) is 0 Å². The van der Waals surface area contributed by atoms with Crippen LogP contribution in [0.5, 0.6) is 5.75 Å². The van der Waals surface area contributed by atoms with Crippen LogP contribution in [0.3, 0.4) is 0 Å². The molecule has 0 aliphatic heterocycles. The van der Waals surface area contributed by atoms with E-state index in [1.165, 1.54) is 0 Å². The zero-order chi connectivity index (χ0) is 14.7. The molecule has 0 aliphatic rings. The highest BCUT2D eigenvalue weighted by Gasteiger charge is 2.18. The van der Waals surface area contributed by atoms with Crippen LogP contribution in [0.15, 0.2) is 72.8 Å². The van der Waals surface area contributed by atoms with Crippen molar-refractivity contribution in [3.63, 3.8) is 0 Å². The molecule has 3 aromatic carbocycles. The zero-order valence-electron chi connectivity index (χ0n) is 11.8. The van der Waals surface area contributed by atoms with Crippen molar-refractivity contribution >= 4 is 16.7 Å². The molecule has 1 atom stereocenters. The highest BCUT2D eigenvalue weighted by molar-refractivity contribution is 5.91. The Labute approximate surface area is 124 Å². The van der Waals surface area contributed by atoms with Gasteiger partial charge in [0.15, 0.2) is 0 Å². The minimum Gasteiger partial charge on any atom is -0.425 e. The second-order valence-electron chi connectivity index (χ2n) is 5.03. The van der Waals surface area contributed by atoms with Gasteiger partial charge in [-0.25, -0.2) is 0 Å². The largest absolute Gasteiger partial charge is 0.425 e. The first kappa shape index (κ1) is 13.4. The lowest BCUT2D eigenvalue weighted by atomic mass is 10.0. The maximum absolute atomic E-state index is 12.3. The van der Waals surface area contributed by atoms with Gasteiger partial charge in [0, 0.05) is 5.39 Å². The second-order valence-corrected chi connectivity index (χ2v) is 5.03. The third-order valence-corrected chi connectivity index (χ3v) is 3.61. The summed E-state index contributed by atoms with van der Waals surface area (Å²) in [5.41, 5.74) is 0.961. The van der Waals surface area contributed by atoms with Crippen LogP contribution in [0.1, 0.15) is 18.4 Å². The van der Waals surface area contributed by atoms with E-state index in [9.17, 15) is 4.79 Å². The molecule has 0 spiro atoms. The summed E-state index contributed by atoms with van der Waals surface area (Å²) in [5.74, 6) is 0.0867. The Balaban J connectivity index is 1.87. The summed E-state index contributed by atoms with van der Waals surface area (Å²) in [7, 11) is 0. The van der Waals surface area contributed by atoms with Gasteiger partial charge in [-0.1, -0.05) is 66.7 Å². The first-order valence-corrected chi connectivity index (χ1v) is 7.00. The molecule has 0 aliphatic carbocycles. The molecule has 0 amide bonds. The summed E-state index contributed by atoms with van der Waals surface area (Å²) in [5, 5.41) is 2.02. The lowest BCUT2D eigenvalue weighted by Crippen LogP contribution is -2.16. The van der Waals surface area contributed by atoms with Crippen molar-refractivity contribution in [2.45, 2.75) is 12.8 Å². The molecule has 0 N–H and O–H groups in total. The molecular formula is C19H16O2. The van der Waals surface area contributed by atoms with Gasteiger partial charge in [0.2, 0.25) is 0 Å². The molecule has 0 fully saturated rings. The molecule has 0 heterocycles. The van der Waals surface area contributed by atoms with Gasteiger partial charge in [0.05, 0.1) is 5.92 Å². The molecule has 0 radical (unpaired) electrons. The predicted molar refractivity (Wildman–Crippen MR) is 84.4 cm³/mol. The Kier molecular flexibility index (Phi) is 3.69. The molecule has 0 unspecified atom stereocenters. The SMILES string of the molecule is C[C@@H](C(=O)Oc1cccc2ccccc12)c1ccccc1. The molecular weight excluding hydrogens is 260 g/mol. The number of benzene rings is 3. The van der Waals surface area contributed by atoms with Crippen LogP contribution in [-0.4, -0.2) is 5.97 Å². The molecule has 0 aromatic heterocycles. The van der Waals surface area contributed by atoms with Crippen LogP contribution >= 0.6 is 0 Å². The number of esters is 1.